The van der Waals surface area contributed by atoms with E-state index in [4.69, 9.17) is 20.6 Å². The standard InChI is InChI=1S/C32H31N2O/c1-20-13-15-24-25-16-17-26(33-6)29(22-11-9-8-10-12-22)31(25)35-30(24)28(20)27-18-14-23(19-32(3,4)5)21(2)34(27)7/h8-18H,19H2,1-5,7H3/q+1/i8D,9D,10D,11D,12D,19D2. The Hall–Kier alpha value is -3.90. The molecule has 3 heteroatoms. The van der Waals surface area contributed by atoms with Crippen molar-refractivity contribution >= 4 is 27.6 Å². The highest BCUT2D eigenvalue weighted by molar-refractivity contribution is 6.15. The summed E-state index contributed by atoms with van der Waals surface area (Å²) < 4.78 is 67.8. The van der Waals surface area contributed by atoms with Crippen molar-refractivity contribution in [1.29, 1.82) is 0 Å². The second kappa shape index (κ2) is 8.40. The third-order valence-corrected chi connectivity index (χ3v) is 6.29. The van der Waals surface area contributed by atoms with Crippen LogP contribution in [0.25, 0.3) is 49.2 Å². The summed E-state index contributed by atoms with van der Waals surface area (Å²) in [5.74, 6) is 0. The van der Waals surface area contributed by atoms with E-state index in [0.717, 1.165) is 27.9 Å². The highest BCUT2D eigenvalue weighted by atomic mass is 16.3. The molecule has 174 valence electrons. The minimum atomic E-state index is -1.58. The molecule has 0 fully saturated rings. The first-order valence-electron chi connectivity index (χ1n) is 15.0. The van der Waals surface area contributed by atoms with E-state index in [2.05, 4.69) is 4.85 Å². The molecule has 35 heavy (non-hydrogen) atoms. The summed E-state index contributed by atoms with van der Waals surface area (Å²) in [4.78, 5) is 3.62. The maximum atomic E-state index is 8.84. The van der Waals surface area contributed by atoms with E-state index in [9.17, 15) is 0 Å². The molecule has 3 nitrogen and oxygen atoms in total. The summed E-state index contributed by atoms with van der Waals surface area (Å²) in [6.07, 6.45) is -1.58. The lowest BCUT2D eigenvalue weighted by atomic mass is 9.87. The maximum absolute atomic E-state index is 8.84. The number of pyridine rings is 1. The van der Waals surface area contributed by atoms with E-state index in [0.29, 0.717) is 16.5 Å². The number of hydrogen-bond acceptors (Lipinski definition) is 1. The van der Waals surface area contributed by atoms with Gasteiger partial charge < -0.3 is 4.42 Å². The van der Waals surface area contributed by atoms with Crippen molar-refractivity contribution in [2.45, 2.75) is 41.0 Å². The molecule has 0 unspecified atom stereocenters. The van der Waals surface area contributed by atoms with Crippen LogP contribution < -0.4 is 4.57 Å². The van der Waals surface area contributed by atoms with Crippen LogP contribution in [-0.2, 0) is 13.4 Å². The van der Waals surface area contributed by atoms with Gasteiger partial charge in [-0.05, 0) is 35.9 Å². The van der Waals surface area contributed by atoms with Crippen LogP contribution in [0.1, 0.15) is 47.2 Å². The number of hydrogen-bond donors (Lipinski definition) is 0. The van der Waals surface area contributed by atoms with Gasteiger partial charge in [0.15, 0.2) is 11.4 Å². The molecule has 3 aromatic carbocycles. The molecule has 0 N–H and O–H groups in total. The van der Waals surface area contributed by atoms with Crippen LogP contribution in [0.15, 0.2) is 71.0 Å². The molecule has 0 saturated heterocycles. The summed E-state index contributed by atoms with van der Waals surface area (Å²) in [6, 6.07) is 8.69. The normalized spacial score (nSPS) is 15.1. The molecule has 0 aliphatic rings. The zero-order valence-corrected chi connectivity index (χ0v) is 20.8. The molecule has 5 rings (SSSR count). The smallest absolute Gasteiger partial charge is 0.216 e. The Balaban J connectivity index is 1.88. The highest BCUT2D eigenvalue weighted by Gasteiger charge is 2.25. The fourth-order valence-electron chi connectivity index (χ4n) is 4.56. The Labute approximate surface area is 217 Å². The number of fused-ring (bicyclic) bond motifs is 3. The minimum absolute atomic E-state index is 0.0786. The van der Waals surface area contributed by atoms with Crippen molar-refractivity contribution in [3.63, 3.8) is 0 Å². The van der Waals surface area contributed by atoms with Gasteiger partial charge in [-0.15, -0.1) is 0 Å². The summed E-state index contributed by atoms with van der Waals surface area (Å²) in [5.41, 5.74) is 4.25. The van der Waals surface area contributed by atoms with Gasteiger partial charge in [0, 0.05) is 37.6 Å². The van der Waals surface area contributed by atoms with Gasteiger partial charge in [-0.1, -0.05) is 75.2 Å². The molecular formula is C32H31N2O+. The number of furan rings is 1. The molecule has 0 aliphatic carbocycles. The minimum Gasteiger partial charge on any atom is -0.456 e. The predicted octanol–water partition coefficient (Wildman–Crippen LogP) is 8.50. The zero-order valence-electron chi connectivity index (χ0n) is 27.8. The second-order valence-electron chi connectivity index (χ2n) is 9.84. The van der Waals surface area contributed by atoms with Crippen molar-refractivity contribution in [1.82, 2.24) is 0 Å². The number of nitrogens with zero attached hydrogens (tertiary/aromatic N) is 2. The molecule has 5 aromatic rings. The summed E-state index contributed by atoms with van der Waals surface area (Å²) in [6.45, 7) is 17.3. The average molecular weight is 467 g/mol. The first-order valence-corrected chi connectivity index (χ1v) is 11.5. The van der Waals surface area contributed by atoms with Gasteiger partial charge in [0.05, 0.1) is 19.0 Å². The predicted molar refractivity (Wildman–Crippen MR) is 145 cm³/mol. The van der Waals surface area contributed by atoms with Crippen LogP contribution in [0.5, 0.6) is 0 Å². The van der Waals surface area contributed by atoms with Crippen molar-refractivity contribution in [3.8, 4) is 22.4 Å². The number of rotatable bonds is 3. The van der Waals surface area contributed by atoms with Crippen LogP contribution >= 0.6 is 0 Å². The average Bonchev–Trinajstić information content (AvgIpc) is 3.30. The Kier molecular flexibility index (Phi) is 3.81. The molecule has 2 heterocycles. The lowest BCUT2D eigenvalue weighted by molar-refractivity contribution is -0.667. The third kappa shape index (κ3) is 3.90. The first kappa shape index (κ1) is 15.9. The zero-order chi connectivity index (χ0) is 31.0. The van der Waals surface area contributed by atoms with Crippen LogP contribution in [-0.4, -0.2) is 0 Å². The molecule has 0 atom stereocenters. The van der Waals surface area contributed by atoms with Gasteiger partial charge in [-0.3, -0.25) is 0 Å². The van der Waals surface area contributed by atoms with E-state index < -0.39 is 42.0 Å². The van der Waals surface area contributed by atoms with Gasteiger partial charge in [-0.2, -0.15) is 4.57 Å². The molecule has 0 aliphatic heterocycles. The molecule has 0 bridgehead atoms. The van der Waals surface area contributed by atoms with Crippen molar-refractivity contribution in [2.24, 2.45) is 12.5 Å². The van der Waals surface area contributed by atoms with Crippen molar-refractivity contribution in [3.05, 3.63) is 94.8 Å². The van der Waals surface area contributed by atoms with E-state index in [1.165, 1.54) is 0 Å². The van der Waals surface area contributed by atoms with E-state index >= 15 is 0 Å². The summed E-state index contributed by atoms with van der Waals surface area (Å²) in [5, 5.41) is 1.41. The Bertz CT molecular complexity index is 1970. The van der Waals surface area contributed by atoms with Crippen LogP contribution in [0.2, 0.25) is 0 Å². The quantitative estimate of drug-likeness (QED) is 0.193. The van der Waals surface area contributed by atoms with Crippen LogP contribution in [0, 0.1) is 25.8 Å². The van der Waals surface area contributed by atoms with Crippen molar-refractivity contribution < 1.29 is 18.6 Å². The molecule has 2 aromatic heterocycles. The summed E-state index contributed by atoms with van der Waals surface area (Å²) >= 11 is 0. The van der Waals surface area contributed by atoms with Gasteiger partial charge in [-0.25, -0.2) is 4.85 Å². The Morgan fingerprint density at radius 3 is 2.26 bits per heavy atom. The Morgan fingerprint density at radius 1 is 0.943 bits per heavy atom. The van der Waals surface area contributed by atoms with Gasteiger partial charge in [0.2, 0.25) is 5.69 Å². The van der Waals surface area contributed by atoms with Gasteiger partial charge in [0.25, 0.3) is 0 Å². The number of aromatic nitrogens is 1. The number of aryl methyl sites for hydroxylation is 1. The fourth-order valence-corrected chi connectivity index (χ4v) is 4.56. The van der Waals surface area contributed by atoms with Crippen LogP contribution in [0.3, 0.4) is 0 Å². The SMILES string of the molecule is [2H]c1c([2H])c([2H])c(-c2c([N+]#[C-])ccc3c2oc2c(-c4ccc(C([2H])([2H])C(C)(C)C)c(C)[n+]4C)c(C)ccc23)c([2H])c1[2H]. The largest absolute Gasteiger partial charge is 0.456 e. The molecular weight excluding hydrogens is 428 g/mol. The lowest BCUT2D eigenvalue weighted by Crippen LogP contribution is -2.36. The molecule has 0 saturated carbocycles. The molecule has 0 radical (unpaired) electrons. The second-order valence-corrected chi connectivity index (χ2v) is 9.84. The van der Waals surface area contributed by atoms with Gasteiger partial charge >= 0.3 is 0 Å². The maximum Gasteiger partial charge on any atom is 0.216 e. The van der Waals surface area contributed by atoms with E-state index in [1.807, 2.05) is 70.5 Å². The first-order chi connectivity index (χ1) is 19.5. The Morgan fingerprint density at radius 2 is 1.60 bits per heavy atom. The summed E-state index contributed by atoms with van der Waals surface area (Å²) in [7, 11) is 1.89. The molecule has 0 spiro atoms. The lowest BCUT2D eigenvalue weighted by Gasteiger charge is -2.19. The number of benzene rings is 3. The topological polar surface area (TPSA) is 21.4 Å². The van der Waals surface area contributed by atoms with E-state index in [1.54, 1.807) is 12.1 Å². The fraction of sp³-hybridized carbons (Fsp3) is 0.250. The van der Waals surface area contributed by atoms with Crippen molar-refractivity contribution in [2.75, 3.05) is 0 Å². The van der Waals surface area contributed by atoms with Crippen LogP contribution in [0.4, 0.5) is 5.69 Å². The van der Waals surface area contributed by atoms with E-state index in [-0.39, 0.29) is 22.4 Å². The van der Waals surface area contributed by atoms with Gasteiger partial charge in [0.1, 0.15) is 18.2 Å². The highest BCUT2D eigenvalue weighted by Crippen LogP contribution is 2.44. The monoisotopic (exact) mass is 466 g/mol. The third-order valence-electron chi connectivity index (χ3n) is 6.29. The molecule has 0 amide bonds.